The standard InChI is InChI=1S/C24H28N2O5/c1-25(2)13-8-14-26-21(18-12-11-17(30-3)15-19(18)31-4)20(23(28)24(26)29)22(27)16-9-6-5-7-10-16/h5-7,9-12,15,21,27H,8,13-14H2,1-4H3/p+1/t21-/m1/s1. The number of nitrogens with one attached hydrogen (secondary N) is 1. The molecule has 7 heteroatoms. The quantitative estimate of drug-likeness (QED) is 0.382. The van der Waals surface area contributed by atoms with E-state index in [1.54, 1.807) is 49.6 Å². The average molecular weight is 426 g/mol. The van der Waals surface area contributed by atoms with Crippen LogP contribution in [0.3, 0.4) is 0 Å². The zero-order valence-electron chi connectivity index (χ0n) is 18.3. The molecule has 1 fully saturated rings. The number of likely N-dealkylation sites (tertiary alicyclic amines) is 1. The first-order valence-corrected chi connectivity index (χ1v) is 10.2. The summed E-state index contributed by atoms with van der Waals surface area (Å²) < 4.78 is 10.8. The lowest BCUT2D eigenvalue weighted by Crippen LogP contribution is -3.05. The maximum Gasteiger partial charge on any atom is 0.295 e. The van der Waals surface area contributed by atoms with E-state index in [0.29, 0.717) is 29.2 Å². The lowest BCUT2D eigenvalue weighted by atomic mass is 9.94. The highest BCUT2D eigenvalue weighted by molar-refractivity contribution is 6.46. The molecule has 2 aromatic rings. The average Bonchev–Trinajstić information content (AvgIpc) is 3.03. The number of amides is 1. The highest BCUT2D eigenvalue weighted by Crippen LogP contribution is 2.43. The molecule has 1 saturated heterocycles. The summed E-state index contributed by atoms with van der Waals surface area (Å²) in [6.07, 6.45) is 0.718. The molecule has 0 aliphatic carbocycles. The van der Waals surface area contributed by atoms with Crippen LogP contribution in [0.15, 0.2) is 54.1 Å². The Bertz CT molecular complexity index is 985. The van der Waals surface area contributed by atoms with Gasteiger partial charge in [0.05, 0.1) is 46.5 Å². The van der Waals surface area contributed by atoms with E-state index in [4.69, 9.17) is 9.47 Å². The Morgan fingerprint density at radius 3 is 2.39 bits per heavy atom. The molecule has 0 saturated carbocycles. The van der Waals surface area contributed by atoms with E-state index in [0.717, 1.165) is 13.0 Å². The Balaban J connectivity index is 2.15. The summed E-state index contributed by atoms with van der Waals surface area (Å²) in [6, 6.07) is 13.3. The van der Waals surface area contributed by atoms with Gasteiger partial charge in [0, 0.05) is 30.2 Å². The third-order valence-corrected chi connectivity index (χ3v) is 5.40. The van der Waals surface area contributed by atoms with Crippen LogP contribution in [0.25, 0.3) is 5.76 Å². The molecule has 3 rings (SSSR count). The van der Waals surface area contributed by atoms with Crippen LogP contribution in [0.4, 0.5) is 0 Å². The minimum Gasteiger partial charge on any atom is -0.507 e. The van der Waals surface area contributed by atoms with Gasteiger partial charge in [-0.1, -0.05) is 30.3 Å². The number of carbonyl (C=O) groups is 2. The lowest BCUT2D eigenvalue weighted by Gasteiger charge is -2.27. The van der Waals surface area contributed by atoms with Crippen LogP contribution in [0.2, 0.25) is 0 Å². The highest BCUT2D eigenvalue weighted by atomic mass is 16.5. The molecule has 164 valence electrons. The summed E-state index contributed by atoms with van der Waals surface area (Å²) in [4.78, 5) is 28.8. The van der Waals surface area contributed by atoms with Crippen molar-refractivity contribution < 1.29 is 29.1 Å². The van der Waals surface area contributed by atoms with Crippen molar-refractivity contribution in [3.05, 3.63) is 65.2 Å². The SMILES string of the molecule is COc1ccc([C@@H]2C(=C(O)c3ccccc3)C(=O)C(=O)N2CCC[NH+](C)C)c(OC)c1. The number of methoxy groups -OCH3 is 2. The van der Waals surface area contributed by atoms with Gasteiger partial charge in [0.15, 0.2) is 0 Å². The van der Waals surface area contributed by atoms with Gasteiger partial charge in [0.1, 0.15) is 17.3 Å². The summed E-state index contributed by atoms with van der Waals surface area (Å²) in [6.45, 7) is 1.23. The number of hydrogen-bond donors (Lipinski definition) is 2. The van der Waals surface area contributed by atoms with Crippen LogP contribution in [-0.4, -0.2) is 63.1 Å². The van der Waals surface area contributed by atoms with Gasteiger partial charge in [0.2, 0.25) is 0 Å². The molecule has 0 aromatic heterocycles. The van der Waals surface area contributed by atoms with E-state index >= 15 is 0 Å². The summed E-state index contributed by atoms with van der Waals surface area (Å²) in [5.41, 5.74) is 1.17. The summed E-state index contributed by atoms with van der Waals surface area (Å²) >= 11 is 0. The fourth-order valence-corrected chi connectivity index (χ4v) is 3.83. The van der Waals surface area contributed by atoms with Crippen molar-refractivity contribution in [2.75, 3.05) is 41.4 Å². The number of hydrogen-bond acceptors (Lipinski definition) is 5. The van der Waals surface area contributed by atoms with Crippen molar-refractivity contribution in [2.24, 2.45) is 0 Å². The second kappa shape index (κ2) is 9.66. The molecule has 31 heavy (non-hydrogen) atoms. The van der Waals surface area contributed by atoms with Crippen LogP contribution >= 0.6 is 0 Å². The molecular weight excluding hydrogens is 396 g/mol. The fourth-order valence-electron chi connectivity index (χ4n) is 3.83. The highest BCUT2D eigenvalue weighted by Gasteiger charge is 2.46. The molecule has 1 aliphatic rings. The van der Waals surface area contributed by atoms with Gasteiger partial charge in [-0.2, -0.15) is 0 Å². The Morgan fingerprint density at radius 1 is 1.06 bits per heavy atom. The minimum atomic E-state index is -0.752. The number of benzene rings is 2. The van der Waals surface area contributed by atoms with Gasteiger partial charge < -0.3 is 24.4 Å². The number of rotatable bonds is 8. The normalized spacial score (nSPS) is 18.0. The van der Waals surface area contributed by atoms with Crippen LogP contribution in [0.5, 0.6) is 11.5 Å². The summed E-state index contributed by atoms with van der Waals surface area (Å²) in [5, 5.41) is 11.0. The number of aliphatic hydroxyl groups is 1. The van der Waals surface area contributed by atoms with Crippen LogP contribution < -0.4 is 14.4 Å². The Kier molecular flexibility index (Phi) is 6.97. The zero-order valence-corrected chi connectivity index (χ0v) is 18.3. The molecule has 1 amide bonds. The molecule has 1 aliphatic heterocycles. The van der Waals surface area contributed by atoms with E-state index in [1.807, 2.05) is 20.2 Å². The van der Waals surface area contributed by atoms with Crippen molar-refractivity contribution in [3.8, 4) is 11.5 Å². The fraction of sp³-hybridized carbons (Fsp3) is 0.333. The smallest absolute Gasteiger partial charge is 0.295 e. The molecule has 1 atom stereocenters. The third-order valence-electron chi connectivity index (χ3n) is 5.40. The maximum absolute atomic E-state index is 13.1. The monoisotopic (exact) mass is 425 g/mol. The molecule has 2 N–H and O–H groups in total. The molecular formula is C24H29N2O5+. The summed E-state index contributed by atoms with van der Waals surface area (Å²) in [5.74, 6) is -0.427. The van der Waals surface area contributed by atoms with E-state index in [1.165, 1.54) is 16.9 Å². The van der Waals surface area contributed by atoms with Gasteiger partial charge in [-0.15, -0.1) is 0 Å². The Hall–Kier alpha value is -3.32. The molecule has 2 aromatic carbocycles. The Morgan fingerprint density at radius 2 is 1.77 bits per heavy atom. The van der Waals surface area contributed by atoms with Crippen molar-refractivity contribution in [2.45, 2.75) is 12.5 Å². The van der Waals surface area contributed by atoms with Gasteiger partial charge >= 0.3 is 0 Å². The number of ketones is 1. The second-order valence-corrected chi connectivity index (χ2v) is 7.78. The Labute approximate surface area is 182 Å². The predicted molar refractivity (Wildman–Crippen MR) is 117 cm³/mol. The number of nitrogens with zero attached hydrogens (tertiary/aromatic N) is 1. The van der Waals surface area contributed by atoms with E-state index in [2.05, 4.69) is 0 Å². The molecule has 0 spiro atoms. The summed E-state index contributed by atoms with van der Waals surface area (Å²) in [7, 11) is 7.15. The molecule has 0 radical (unpaired) electrons. The first-order valence-electron chi connectivity index (χ1n) is 10.2. The number of quaternary nitrogens is 1. The van der Waals surface area contributed by atoms with Gasteiger partial charge in [0.25, 0.3) is 11.7 Å². The van der Waals surface area contributed by atoms with Gasteiger partial charge in [-0.3, -0.25) is 9.59 Å². The van der Waals surface area contributed by atoms with Gasteiger partial charge in [-0.05, 0) is 12.1 Å². The minimum absolute atomic E-state index is 0.0665. The van der Waals surface area contributed by atoms with Gasteiger partial charge in [-0.25, -0.2) is 0 Å². The largest absolute Gasteiger partial charge is 0.507 e. The lowest BCUT2D eigenvalue weighted by molar-refractivity contribution is -0.858. The molecule has 1 heterocycles. The van der Waals surface area contributed by atoms with Crippen molar-refractivity contribution >= 4 is 17.4 Å². The first-order chi connectivity index (χ1) is 14.9. The van der Waals surface area contributed by atoms with E-state index in [9.17, 15) is 14.7 Å². The van der Waals surface area contributed by atoms with E-state index in [-0.39, 0.29) is 11.3 Å². The third kappa shape index (κ3) is 4.56. The van der Waals surface area contributed by atoms with Crippen LogP contribution in [0, 0.1) is 0 Å². The molecule has 0 unspecified atom stereocenters. The molecule has 0 bridgehead atoms. The van der Waals surface area contributed by atoms with Crippen molar-refractivity contribution in [3.63, 3.8) is 0 Å². The maximum atomic E-state index is 13.1. The number of aliphatic hydroxyl groups excluding tert-OH is 1. The predicted octanol–water partition coefficient (Wildman–Crippen LogP) is 1.66. The number of Topliss-reactive ketones (excluding diaryl/α,β-unsaturated/α-hetero) is 1. The first kappa shape index (κ1) is 22.4. The van der Waals surface area contributed by atoms with Crippen molar-refractivity contribution in [1.29, 1.82) is 0 Å². The zero-order chi connectivity index (χ0) is 22.5. The number of carbonyl (C=O) groups excluding carboxylic acids is 2. The molecule has 7 nitrogen and oxygen atoms in total. The van der Waals surface area contributed by atoms with Crippen molar-refractivity contribution in [1.82, 2.24) is 4.90 Å². The van der Waals surface area contributed by atoms with E-state index < -0.39 is 17.7 Å². The number of ether oxygens (including phenoxy) is 2. The second-order valence-electron chi connectivity index (χ2n) is 7.78. The topological polar surface area (TPSA) is 80.5 Å². The van der Waals surface area contributed by atoms with Crippen LogP contribution in [0.1, 0.15) is 23.6 Å². The van der Waals surface area contributed by atoms with Crippen LogP contribution in [-0.2, 0) is 9.59 Å².